The molecule has 5 aliphatic carbocycles. The third-order valence-electron chi connectivity index (χ3n) is 28.7. The summed E-state index contributed by atoms with van der Waals surface area (Å²) >= 11 is 0. The third kappa shape index (κ3) is 16.8. The maximum absolute atomic E-state index is 16.3. The number of amides is 1. The second-order valence-corrected chi connectivity index (χ2v) is 36.6. The van der Waals surface area contributed by atoms with Gasteiger partial charge in [0.2, 0.25) is 12.2 Å². The summed E-state index contributed by atoms with van der Waals surface area (Å²) in [6, 6.07) is -1.47. The van der Waals surface area contributed by atoms with Crippen molar-refractivity contribution in [1.29, 1.82) is 0 Å². The molecule has 0 radical (unpaired) electrons. The van der Waals surface area contributed by atoms with Crippen LogP contribution < -0.4 is 5.32 Å². The van der Waals surface area contributed by atoms with Gasteiger partial charge >= 0.3 is 11.9 Å². The Morgan fingerprint density at radius 1 is 0.458 bits per heavy atom. The molecule has 12 fully saturated rings. The summed E-state index contributed by atoms with van der Waals surface area (Å²) in [5, 5.41) is 225. The minimum Gasteiger partial charge on any atom is -0.463 e. The van der Waals surface area contributed by atoms with Gasteiger partial charge in [0.1, 0.15) is 171 Å². The fraction of sp³-hybridized carbons (Fsp3) is 0.935. The van der Waals surface area contributed by atoms with Crippen LogP contribution in [0.3, 0.4) is 0 Å². The van der Waals surface area contributed by atoms with Gasteiger partial charge in [-0.3, -0.25) is 14.4 Å². The number of aliphatic hydroxyl groups excluding tert-OH is 20. The van der Waals surface area contributed by atoms with Crippen LogP contribution in [-0.4, -0.2) is 400 Å². The molecule has 0 spiro atoms. The standard InChI is InChI=1S/C77H123NO40/c1-28(81)78-43-48(92)59(116-69-53(97)49(93)46(90)35(20-79)108-69)38(27-107-64-55(99)57(33(85)24-103-64)113-65-50(94)44(88)31(83)22-104-65)110-63(43)112-42-14-17-74(7)39(73(42,5)6)13-18-75(8)40(74)12-11-30-62-72(3,4)15-10-16-77(62,41(87)19-76(30,75)9)71(101)118-70-61(117-67-56(100)58(34(86)25-106-67)114-68-52(96)47(91)36(21-80)109-68)54(98)60(37(111-70)26-102-29(2)82)115-66-51(95)45(89)32(84)23-105-66/h11,31-70,79-80,83-100H,10,12-27H2,1-9H3,(H,78,81). The smallest absolute Gasteiger partial charge is 0.317 e. The quantitative estimate of drug-likeness (QED) is 0.0272. The van der Waals surface area contributed by atoms with Crippen molar-refractivity contribution in [3.8, 4) is 0 Å². The van der Waals surface area contributed by atoms with Gasteiger partial charge in [0.05, 0.1) is 58.5 Å². The molecule has 41 nitrogen and oxygen atoms in total. The number of hydrogen-bond acceptors (Lipinski definition) is 40. The van der Waals surface area contributed by atoms with E-state index >= 15 is 4.79 Å². The Balaban J connectivity index is 0.770. The first-order chi connectivity index (χ1) is 55.5. The zero-order valence-electron chi connectivity index (χ0n) is 67.3. The summed E-state index contributed by atoms with van der Waals surface area (Å²) in [5.41, 5.74) is -4.32. The van der Waals surface area contributed by atoms with Gasteiger partial charge in [-0.25, -0.2) is 0 Å². The average Bonchev–Trinajstić information content (AvgIpc) is 0.729. The van der Waals surface area contributed by atoms with Crippen molar-refractivity contribution < 1.29 is 197 Å². The molecule has 0 aromatic carbocycles. The number of hydrogen-bond donors (Lipinski definition) is 21. The zero-order chi connectivity index (χ0) is 85.9. The van der Waals surface area contributed by atoms with Gasteiger partial charge in [-0.2, -0.15) is 0 Å². The zero-order valence-corrected chi connectivity index (χ0v) is 67.3. The molecule has 0 bridgehead atoms. The van der Waals surface area contributed by atoms with E-state index in [1.165, 1.54) is 6.92 Å². The Morgan fingerprint density at radius 2 is 0.941 bits per heavy atom. The Hall–Kier alpha value is -3.25. The fourth-order valence-corrected chi connectivity index (χ4v) is 22.2. The van der Waals surface area contributed by atoms with E-state index in [0.29, 0.717) is 44.9 Å². The van der Waals surface area contributed by atoms with E-state index in [4.69, 9.17) is 80.5 Å². The number of esters is 2. The molecule has 0 aromatic heterocycles. The lowest BCUT2D eigenvalue weighted by atomic mass is 9.32. The number of rotatable bonds is 22. The highest BCUT2D eigenvalue weighted by molar-refractivity contribution is 5.80. The van der Waals surface area contributed by atoms with Crippen molar-refractivity contribution in [2.24, 2.45) is 50.2 Å². The molecular formula is C77H123NO40. The summed E-state index contributed by atoms with van der Waals surface area (Å²) in [4.78, 5) is 42.2. The molecule has 41 heteroatoms. The third-order valence-corrected chi connectivity index (χ3v) is 28.7. The predicted octanol–water partition coefficient (Wildman–Crippen LogP) is -7.86. The second-order valence-electron chi connectivity index (χ2n) is 36.6. The van der Waals surface area contributed by atoms with E-state index in [2.05, 4.69) is 46.0 Å². The average molecular weight is 1700 g/mol. The van der Waals surface area contributed by atoms with Gasteiger partial charge in [-0.15, -0.1) is 0 Å². The van der Waals surface area contributed by atoms with Crippen LogP contribution in [0.15, 0.2) is 11.6 Å². The van der Waals surface area contributed by atoms with Crippen molar-refractivity contribution in [2.75, 3.05) is 52.9 Å². The number of fused-ring (bicyclic) bond motifs is 7. The summed E-state index contributed by atoms with van der Waals surface area (Å²) in [5.74, 6) is -3.48. The van der Waals surface area contributed by atoms with E-state index in [-0.39, 0.29) is 24.7 Å². The number of ether oxygens (including phenoxy) is 17. The molecule has 44 unspecified atom stereocenters. The molecule has 44 atom stereocenters. The monoisotopic (exact) mass is 1700 g/mol. The number of carbonyl (C=O) groups excluding carboxylic acids is 3. The summed E-state index contributed by atoms with van der Waals surface area (Å²) in [6.45, 7) is 11.9. The Kier molecular flexibility index (Phi) is 28.1. The minimum atomic E-state index is -2.13. The molecule has 4 saturated carbocycles. The van der Waals surface area contributed by atoms with Crippen LogP contribution in [0.5, 0.6) is 0 Å². The molecule has 13 aliphatic rings. The highest BCUT2D eigenvalue weighted by Crippen LogP contribution is 2.77. The van der Waals surface area contributed by atoms with Crippen LogP contribution >= 0.6 is 0 Å². The lowest BCUT2D eigenvalue weighted by Crippen LogP contribution is -2.70. The molecule has 21 N–H and O–H groups in total. The van der Waals surface area contributed by atoms with Gasteiger partial charge in [0, 0.05) is 19.8 Å². The van der Waals surface area contributed by atoms with Gasteiger partial charge < -0.3 is 188 Å². The van der Waals surface area contributed by atoms with Crippen LogP contribution in [0.2, 0.25) is 0 Å². The van der Waals surface area contributed by atoms with Crippen molar-refractivity contribution in [3.05, 3.63) is 11.6 Å². The molecule has 118 heavy (non-hydrogen) atoms. The maximum atomic E-state index is 16.3. The first-order valence-corrected chi connectivity index (χ1v) is 40.9. The Bertz CT molecular complexity index is 3460. The first-order valence-electron chi connectivity index (χ1n) is 40.9. The number of aliphatic hydroxyl groups is 20. The lowest BCUT2D eigenvalue weighted by molar-refractivity contribution is -0.377. The predicted molar refractivity (Wildman–Crippen MR) is 386 cm³/mol. The molecule has 8 aliphatic heterocycles. The summed E-state index contributed by atoms with van der Waals surface area (Å²) < 4.78 is 103. The number of nitrogens with one attached hydrogen (secondary N) is 1. The molecule has 8 heterocycles. The van der Waals surface area contributed by atoms with Crippen molar-refractivity contribution in [2.45, 2.75) is 347 Å². The lowest BCUT2D eigenvalue weighted by Gasteiger charge is -2.72. The van der Waals surface area contributed by atoms with Crippen LogP contribution in [0.4, 0.5) is 0 Å². The highest BCUT2D eigenvalue weighted by atomic mass is 16.8. The molecule has 0 aromatic rings. The molecular weight excluding hydrogens is 1580 g/mol. The Labute approximate surface area is 680 Å². The summed E-state index contributed by atoms with van der Waals surface area (Å²) in [7, 11) is 0. The van der Waals surface area contributed by atoms with E-state index < -0.39 is 336 Å². The second kappa shape index (κ2) is 35.9. The first kappa shape index (κ1) is 92.4. The normalized spacial score (nSPS) is 52.0. The molecule has 676 valence electrons. The van der Waals surface area contributed by atoms with Gasteiger partial charge in [-0.1, -0.05) is 66.5 Å². The van der Waals surface area contributed by atoms with E-state index in [0.717, 1.165) is 12.5 Å². The van der Waals surface area contributed by atoms with Crippen molar-refractivity contribution >= 4 is 17.8 Å². The topological polar surface area (TPSA) is 625 Å². The van der Waals surface area contributed by atoms with Crippen molar-refractivity contribution in [1.82, 2.24) is 5.32 Å². The van der Waals surface area contributed by atoms with Crippen LogP contribution in [-0.2, 0) is 94.9 Å². The van der Waals surface area contributed by atoms with Gasteiger partial charge in [0.15, 0.2) is 50.1 Å². The van der Waals surface area contributed by atoms with Gasteiger partial charge in [0.25, 0.3) is 0 Å². The summed E-state index contributed by atoms with van der Waals surface area (Å²) in [6.07, 6.45) is -56.2. The number of allylic oxidation sites excluding steroid dienone is 2. The fourth-order valence-electron chi connectivity index (χ4n) is 22.2. The highest BCUT2D eigenvalue weighted by Gasteiger charge is 2.74. The molecule has 8 saturated heterocycles. The van der Waals surface area contributed by atoms with E-state index in [1.54, 1.807) is 0 Å². The van der Waals surface area contributed by atoms with Crippen LogP contribution in [0.25, 0.3) is 0 Å². The van der Waals surface area contributed by atoms with Crippen molar-refractivity contribution in [3.63, 3.8) is 0 Å². The van der Waals surface area contributed by atoms with Gasteiger partial charge in [-0.05, 0) is 90.3 Å². The number of carbonyl (C=O) groups is 3. The molecule has 13 rings (SSSR count). The van der Waals surface area contributed by atoms with Crippen LogP contribution in [0.1, 0.15) is 120 Å². The minimum absolute atomic E-state index is 0.0321. The van der Waals surface area contributed by atoms with E-state index in [9.17, 15) is 112 Å². The van der Waals surface area contributed by atoms with Crippen LogP contribution in [0, 0.1) is 50.2 Å². The maximum Gasteiger partial charge on any atom is 0.317 e. The molecule has 1 amide bonds. The SMILES string of the molecule is CC(=O)NC1C(OC2CCC3(C)C(CCC4(C)C3CC=C3C5C(C)(C)CCCC5(C(=O)OC5OC(COC(C)=O)C(OC6OCC(O)C(O)C6O)C(O)C5OC5OCC(O)C(OC6OC(CO)C(O)C6O)C5O)C(O)CC34C)C2(C)C)OC(COC2OCC(O)C(OC3OCC(O)C(O)C3O)C2O)C(OC2OC(CO)C(O)C(O)C2O)C1O. The van der Waals surface area contributed by atoms with E-state index in [1.807, 2.05) is 13.8 Å². The Morgan fingerprint density at radius 3 is 1.53 bits per heavy atom. The largest absolute Gasteiger partial charge is 0.463 e.